The van der Waals surface area contributed by atoms with E-state index in [-0.39, 0.29) is 5.91 Å². The third-order valence-corrected chi connectivity index (χ3v) is 5.17. The number of halogens is 1. The van der Waals surface area contributed by atoms with Crippen molar-refractivity contribution in [3.63, 3.8) is 0 Å². The van der Waals surface area contributed by atoms with Gasteiger partial charge in [-0.15, -0.1) is 0 Å². The Morgan fingerprint density at radius 2 is 1.92 bits per heavy atom. The summed E-state index contributed by atoms with van der Waals surface area (Å²) >= 11 is 6.20. The molecule has 0 saturated carbocycles. The predicted molar refractivity (Wildman–Crippen MR) is 97.6 cm³/mol. The van der Waals surface area contributed by atoms with Gasteiger partial charge in [0.15, 0.2) is 0 Å². The van der Waals surface area contributed by atoms with Crippen molar-refractivity contribution in [3.8, 4) is 0 Å². The Hall–Kier alpha value is -2.33. The van der Waals surface area contributed by atoms with Gasteiger partial charge in [-0.05, 0) is 29.2 Å². The molecular weight excluding hydrogens is 336 g/mol. The molecule has 2 aromatic rings. The first-order valence-electron chi connectivity index (χ1n) is 8.51. The molecule has 25 heavy (non-hydrogen) atoms. The summed E-state index contributed by atoms with van der Waals surface area (Å²) in [6.07, 6.45) is 1.53. The molecule has 2 aliphatic rings. The van der Waals surface area contributed by atoms with E-state index in [0.717, 1.165) is 24.2 Å². The summed E-state index contributed by atoms with van der Waals surface area (Å²) in [5, 5.41) is 4.84. The van der Waals surface area contributed by atoms with Crippen LogP contribution in [0.5, 0.6) is 0 Å². The zero-order chi connectivity index (χ0) is 17.2. The second-order valence-electron chi connectivity index (χ2n) is 6.50. The molecule has 1 atom stereocenters. The Labute approximate surface area is 152 Å². The van der Waals surface area contributed by atoms with Crippen LogP contribution in [0.15, 0.2) is 53.7 Å². The molecule has 0 aliphatic carbocycles. The van der Waals surface area contributed by atoms with Gasteiger partial charge in [0.25, 0.3) is 5.91 Å². The molecule has 0 unspecified atom stereocenters. The number of carbonyl (C=O) groups is 1. The number of amides is 1. The third-order valence-electron chi connectivity index (χ3n) is 4.80. The molecule has 1 amide bonds. The standard InChI is InChI=1S/C20H19ClN2O2/c21-18-8-4-3-6-15(18)11-17-12-19(25-22-17)20(24)23-10-9-14-5-1-2-7-16(14)13-23/h1-8,19H,9-13H2/t19-/m1/s1. The average Bonchev–Trinajstić information content (AvgIpc) is 3.11. The molecule has 2 aliphatic heterocycles. The highest BCUT2D eigenvalue weighted by Crippen LogP contribution is 2.24. The first-order chi connectivity index (χ1) is 12.2. The lowest BCUT2D eigenvalue weighted by Crippen LogP contribution is -2.42. The average molecular weight is 355 g/mol. The Bertz CT molecular complexity index is 834. The normalized spacial score (nSPS) is 19.2. The number of hydrogen-bond donors (Lipinski definition) is 0. The summed E-state index contributed by atoms with van der Waals surface area (Å²) in [4.78, 5) is 20.1. The molecular formula is C20H19ClN2O2. The lowest BCUT2D eigenvalue weighted by Gasteiger charge is -2.30. The summed E-state index contributed by atoms with van der Waals surface area (Å²) in [6, 6.07) is 16.0. The van der Waals surface area contributed by atoms with E-state index in [2.05, 4.69) is 17.3 Å². The maximum absolute atomic E-state index is 12.8. The van der Waals surface area contributed by atoms with E-state index in [1.54, 1.807) is 0 Å². The molecule has 128 valence electrons. The molecule has 0 radical (unpaired) electrons. The van der Waals surface area contributed by atoms with Crippen molar-refractivity contribution >= 4 is 23.2 Å². The molecule has 0 saturated heterocycles. The van der Waals surface area contributed by atoms with Crippen LogP contribution in [0.4, 0.5) is 0 Å². The van der Waals surface area contributed by atoms with Crippen LogP contribution in [0.25, 0.3) is 0 Å². The molecule has 2 aromatic carbocycles. The van der Waals surface area contributed by atoms with Crippen LogP contribution < -0.4 is 0 Å². The van der Waals surface area contributed by atoms with Crippen molar-refractivity contribution in [1.82, 2.24) is 4.90 Å². The topological polar surface area (TPSA) is 41.9 Å². The molecule has 4 rings (SSSR count). The lowest BCUT2D eigenvalue weighted by molar-refractivity contribution is -0.143. The first kappa shape index (κ1) is 16.2. The maximum atomic E-state index is 12.8. The predicted octanol–water partition coefficient (Wildman–Crippen LogP) is 3.61. The van der Waals surface area contributed by atoms with Crippen LogP contribution in [0, 0.1) is 0 Å². The Morgan fingerprint density at radius 3 is 2.76 bits per heavy atom. The summed E-state index contributed by atoms with van der Waals surface area (Å²) in [5.41, 5.74) is 4.42. The number of hydrogen-bond acceptors (Lipinski definition) is 3. The van der Waals surface area contributed by atoms with E-state index in [0.29, 0.717) is 24.4 Å². The summed E-state index contributed by atoms with van der Waals surface area (Å²) in [7, 11) is 0. The highest BCUT2D eigenvalue weighted by Gasteiger charge is 2.33. The van der Waals surface area contributed by atoms with Crippen molar-refractivity contribution in [2.24, 2.45) is 5.16 Å². The highest BCUT2D eigenvalue weighted by atomic mass is 35.5. The molecule has 5 heteroatoms. The van der Waals surface area contributed by atoms with Crippen molar-refractivity contribution in [3.05, 3.63) is 70.2 Å². The molecule has 4 nitrogen and oxygen atoms in total. The van der Waals surface area contributed by atoms with Crippen molar-refractivity contribution < 1.29 is 9.63 Å². The fourth-order valence-electron chi connectivity index (χ4n) is 3.41. The quantitative estimate of drug-likeness (QED) is 0.845. The fraction of sp³-hybridized carbons (Fsp3) is 0.300. The van der Waals surface area contributed by atoms with Crippen LogP contribution in [-0.4, -0.2) is 29.2 Å². The summed E-state index contributed by atoms with van der Waals surface area (Å²) in [6.45, 7) is 1.38. The number of nitrogens with zero attached hydrogens (tertiary/aromatic N) is 2. The fourth-order valence-corrected chi connectivity index (χ4v) is 3.62. The van der Waals surface area contributed by atoms with Crippen LogP contribution >= 0.6 is 11.6 Å². The maximum Gasteiger partial charge on any atom is 0.267 e. The highest BCUT2D eigenvalue weighted by molar-refractivity contribution is 6.31. The minimum Gasteiger partial charge on any atom is -0.382 e. The zero-order valence-corrected chi connectivity index (χ0v) is 14.6. The van der Waals surface area contributed by atoms with E-state index >= 15 is 0 Å². The summed E-state index contributed by atoms with van der Waals surface area (Å²) < 4.78 is 0. The van der Waals surface area contributed by atoms with Gasteiger partial charge in [0.05, 0.1) is 5.71 Å². The van der Waals surface area contributed by atoms with Crippen LogP contribution in [-0.2, 0) is 29.0 Å². The van der Waals surface area contributed by atoms with Gasteiger partial charge in [-0.1, -0.05) is 59.2 Å². The lowest BCUT2D eigenvalue weighted by atomic mass is 9.98. The van der Waals surface area contributed by atoms with E-state index in [1.165, 1.54) is 11.1 Å². The smallest absolute Gasteiger partial charge is 0.267 e. The van der Waals surface area contributed by atoms with Crippen LogP contribution in [0.3, 0.4) is 0 Å². The van der Waals surface area contributed by atoms with Gasteiger partial charge in [-0.25, -0.2) is 0 Å². The van der Waals surface area contributed by atoms with Gasteiger partial charge < -0.3 is 9.74 Å². The van der Waals surface area contributed by atoms with E-state index in [4.69, 9.17) is 16.4 Å². The van der Waals surface area contributed by atoms with Gasteiger partial charge in [-0.3, -0.25) is 4.79 Å². The number of fused-ring (bicyclic) bond motifs is 1. The monoisotopic (exact) mass is 354 g/mol. The molecule has 0 bridgehead atoms. The zero-order valence-electron chi connectivity index (χ0n) is 13.8. The minimum atomic E-state index is -0.511. The van der Waals surface area contributed by atoms with Crippen LogP contribution in [0.2, 0.25) is 5.02 Å². The number of rotatable bonds is 3. The van der Waals surface area contributed by atoms with Crippen molar-refractivity contribution in [2.45, 2.75) is 31.9 Å². The molecule has 2 heterocycles. The van der Waals surface area contributed by atoms with Crippen molar-refractivity contribution in [1.29, 1.82) is 0 Å². The Balaban J connectivity index is 1.38. The first-order valence-corrected chi connectivity index (χ1v) is 8.89. The Kier molecular flexibility index (Phi) is 4.45. The van der Waals surface area contributed by atoms with E-state index in [9.17, 15) is 4.79 Å². The van der Waals surface area contributed by atoms with Gasteiger partial charge in [0.1, 0.15) is 0 Å². The van der Waals surface area contributed by atoms with Gasteiger partial charge >= 0.3 is 0 Å². The number of carbonyl (C=O) groups excluding carboxylic acids is 1. The Morgan fingerprint density at radius 1 is 1.16 bits per heavy atom. The molecule has 0 N–H and O–H groups in total. The SMILES string of the molecule is O=C([C@H]1CC(Cc2ccccc2Cl)=NO1)N1CCc2ccccc2C1. The molecule has 0 fully saturated rings. The van der Waals surface area contributed by atoms with Crippen LogP contribution in [0.1, 0.15) is 23.1 Å². The van der Waals surface area contributed by atoms with Gasteiger partial charge in [-0.2, -0.15) is 0 Å². The number of oxime groups is 1. The largest absolute Gasteiger partial charge is 0.382 e. The minimum absolute atomic E-state index is 0.0208. The molecule has 0 aromatic heterocycles. The number of benzene rings is 2. The van der Waals surface area contributed by atoms with Crippen molar-refractivity contribution in [2.75, 3.05) is 6.54 Å². The van der Waals surface area contributed by atoms with Gasteiger partial charge in [0, 0.05) is 31.0 Å². The third kappa shape index (κ3) is 3.40. The van der Waals surface area contributed by atoms with Gasteiger partial charge in [0.2, 0.25) is 6.10 Å². The molecule has 0 spiro atoms. The van der Waals surface area contributed by atoms with E-state index in [1.807, 2.05) is 41.3 Å². The summed E-state index contributed by atoms with van der Waals surface area (Å²) in [5.74, 6) is 0.0208. The second kappa shape index (κ2) is 6.89. The van der Waals surface area contributed by atoms with E-state index < -0.39 is 6.10 Å². The second-order valence-corrected chi connectivity index (χ2v) is 6.91.